The smallest absolute Gasteiger partial charge is 0.245 e. The van der Waals surface area contributed by atoms with Crippen molar-refractivity contribution in [3.8, 4) is 11.5 Å². The topological polar surface area (TPSA) is 93.7 Å². The average molecular weight is 413 g/mol. The zero-order chi connectivity index (χ0) is 20.0. The molecule has 1 amide bonds. The first-order chi connectivity index (χ1) is 12.8. The van der Waals surface area contributed by atoms with E-state index in [1.807, 2.05) is 6.92 Å². The van der Waals surface area contributed by atoms with Crippen LogP contribution in [0.25, 0.3) is 0 Å². The Morgan fingerprint density at radius 1 is 1.19 bits per heavy atom. The Morgan fingerprint density at radius 3 is 2.44 bits per heavy atom. The summed E-state index contributed by atoms with van der Waals surface area (Å²) < 4.78 is 37.9. The van der Waals surface area contributed by atoms with Gasteiger partial charge in [-0.1, -0.05) is 11.6 Å². The maximum atomic E-state index is 12.6. The van der Waals surface area contributed by atoms with E-state index in [0.29, 0.717) is 18.0 Å². The van der Waals surface area contributed by atoms with E-state index in [-0.39, 0.29) is 15.7 Å². The number of sulfonamides is 1. The van der Waals surface area contributed by atoms with E-state index >= 15 is 0 Å². The van der Waals surface area contributed by atoms with E-state index in [0.717, 1.165) is 0 Å². The number of benzene rings is 2. The van der Waals surface area contributed by atoms with Crippen LogP contribution in [0.3, 0.4) is 0 Å². The van der Waals surface area contributed by atoms with Gasteiger partial charge in [0.2, 0.25) is 15.9 Å². The van der Waals surface area contributed by atoms with Gasteiger partial charge in [-0.15, -0.1) is 0 Å². The Labute approximate surface area is 163 Å². The molecule has 0 unspecified atom stereocenters. The minimum absolute atomic E-state index is 0.131. The van der Waals surface area contributed by atoms with Gasteiger partial charge >= 0.3 is 0 Å². The predicted octanol–water partition coefficient (Wildman–Crippen LogP) is 3.05. The van der Waals surface area contributed by atoms with Gasteiger partial charge in [0.1, 0.15) is 16.4 Å². The normalized spacial score (nSPS) is 12.3. The molecule has 9 heteroatoms. The molecule has 0 aliphatic rings. The molecule has 0 aliphatic heterocycles. The van der Waals surface area contributed by atoms with Gasteiger partial charge in [-0.25, -0.2) is 8.42 Å². The monoisotopic (exact) mass is 412 g/mol. The molecule has 2 aromatic rings. The molecule has 0 bridgehead atoms. The van der Waals surface area contributed by atoms with Gasteiger partial charge in [0.05, 0.1) is 19.8 Å². The van der Waals surface area contributed by atoms with Crippen LogP contribution in [0.4, 0.5) is 5.69 Å². The van der Waals surface area contributed by atoms with Crippen molar-refractivity contribution in [3.05, 3.63) is 47.5 Å². The molecule has 0 saturated carbocycles. The molecule has 0 saturated heterocycles. The molecule has 0 radical (unpaired) electrons. The highest BCUT2D eigenvalue weighted by atomic mass is 35.5. The molecular weight excluding hydrogens is 392 g/mol. The third-order valence-corrected chi connectivity index (χ3v) is 5.37. The maximum absolute atomic E-state index is 12.6. The lowest BCUT2D eigenvalue weighted by Gasteiger charge is -2.16. The van der Waals surface area contributed by atoms with Crippen molar-refractivity contribution >= 4 is 33.2 Å². The summed E-state index contributed by atoms with van der Waals surface area (Å²) in [4.78, 5) is 12.2. The number of halogens is 1. The van der Waals surface area contributed by atoms with Gasteiger partial charge in [-0.05, 0) is 56.3 Å². The van der Waals surface area contributed by atoms with Crippen LogP contribution in [0, 0.1) is 0 Å². The summed E-state index contributed by atoms with van der Waals surface area (Å²) >= 11 is 5.88. The fraction of sp³-hybridized carbons (Fsp3) is 0.278. The van der Waals surface area contributed by atoms with Crippen molar-refractivity contribution in [1.29, 1.82) is 0 Å². The number of rotatable bonds is 8. The van der Waals surface area contributed by atoms with Gasteiger partial charge in [0, 0.05) is 10.7 Å². The van der Waals surface area contributed by atoms with Crippen molar-refractivity contribution in [2.45, 2.75) is 24.8 Å². The number of ether oxygens (including phenoxy) is 2. The molecule has 2 aromatic carbocycles. The van der Waals surface area contributed by atoms with Crippen LogP contribution in [0.15, 0.2) is 47.4 Å². The highest BCUT2D eigenvalue weighted by molar-refractivity contribution is 7.89. The minimum Gasteiger partial charge on any atom is -0.495 e. The summed E-state index contributed by atoms with van der Waals surface area (Å²) in [6, 6.07) is 9.97. The fourth-order valence-corrected chi connectivity index (χ4v) is 3.90. The maximum Gasteiger partial charge on any atom is 0.245 e. The number of hydrogen-bond donors (Lipinski definition) is 2. The second-order valence-corrected chi connectivity index (χ2v) is 7.70. The molecule has 2 rings (SSSR count). The Balaban J connectivity index is 2.10. The molecular formula is C18H21ClN2O5S. The van der Waals surface area contributed by atoms with E-state index in [9.17, 15) is 13.2 Å². The molecule has 1 atom stereocenters. The molecule has 0 aliphatic carbocycles. The van der Waals surface area contributed by atoms with Crippen molar-refractivity contribution < 1.29 is 22.7 Å². The standard InChI is InChI=1S/C18H21ClN2O5S/c1-4-26-15-8-6-14(7-9-15)20-18(22)12(2)21-27(23,24)17-11-13(19)5-10-16(17)25-3/h5-12,21H,4H2,1-3H3,(H,20,22)/t12-/m0/s1. The summed E-state index contributed by atoms with van der Waals surface area (Å²) in [7, 11) is -2.66. The average Bonchev–Trinajstić information content (AvgIpc) is 2.63. The molecule has 0 spiro atoms. The highest BCUT2D eigenvalue weighted by Gasteiger charge is 2.25. The van der Waals surface area contributed by atoms with Gasteiger partial charge < -0.3 is 14.8 Å². The predicted molar refractivity (Wildman–Crippen MR) is 104 cm³/mol. The van der Waals surface area contributed by atoms with Crippen LogP contribution < -0.4 is 19.5 Å². The summed E-state index contributed by atoms with van der Waals surface area (Å²) in [5, 5.41) is 2.88. The Bertz CT molecular complexity index is 900. The van der Waals surface area contributed by atoms with Crippen LogP contribution in [0.2, 0.25) is 5.02 Å². The number of carbonyl (C=O) groups excluding carboxylic acids is 1. The van der Waals surface area contributed by atoms with Crippen molar-refractivity contribution in [3.63, 3.8) is 0 Å². The van der Waals surface area contributed by atoms with Crippen molar-refractivity contribution in [2.24, 2.45) is 0 Å². The van der Waals surface area contributed by atoms with Crippen molar-refractivity contribution in [2.75, 3.05) is 19.0 Å². The SMILES string of the molecule is CCOc1ccc(NC(=O)[C@H](C)NS(=O)(=O)c2cc(Cl)ccc2OC)cc1. The van der Waals surface area contributed by atoms with E-state index < -0.39 is 22.0 Å². The molecule has 27 heavy (non-hydrogen) atoms. The van der Waals surface area contributed by atoms with E-state index in [1.165, 1.54) is 32.2 Å². The summed E-state index contributed by atoms with van der Waals surface area (Å²) in [5.74, 6) is 0.298. The summed E-state index contributed by atoms with van der Waals surface area (Å²) in [6.07, 6.45) is 0. The zero-order valence-corrected chi connectivity index (χ0v) is 16.7. The lowest BCUT2D eigenvalue weighted by atomic mass is 10.2. The quantitative estimate of drug-likeness (QED) is 0.695. The van der Waals surface area contributed by atoms with Crippen LogP contribution in [-0.2, 0) is 14.8 Å². The van der Waals surface area contributed by atoms with Gasteiger partial charge in [-0.2, -0.15) is 4.72 Å². The van der Waals surface area contributed by atoms with Crippen molar-refractivity contribution in [1.82, 2.24) is 4.72 Å². The summed E-state index contributed by atoms with van der Waals surface area (Å²) in [5.41, 5.74) is 0.523. The van der Waals surface area contributed by atoms with Crippen LogP contribution in [-0.4, -0.2) is 34.1 Å². The third kappa shape index (κ3) is 5.59. The van der Waals surface area contributed by atoms with E-state index in [2.05, 4.69) is 10.0 Å². The third-order valence-electron chi connectivity index (χ3n) is 3.57. The van der Waals surface area contributed by atoms with Gasteiger partial charge in [0.15, 0.2) is 0 Å². The van der Waals surface area contributed by atoms with Crippen LogP contribution in [0.1, 0.15) is 13.8 Å². The summed E-state index contributed by atoms with van der Waals surface area (Å²) in [6.45, 7) is 3.86. The minimum atomic E-state index is -4.02. The molecule has 2 N–H and O–H groups in total. The van der Waals surface area contributed by atoms with Gasteiger partial charge in [-0.3, -0.25) is 4.79 Å². The van der Waals surface area contributed by atoms with E-state index in [4.69, 9.17) is 21.1 Å². The number of amides is 1. The zero-order valence-electron chi connectivity index (χ0n) is 15.2. The largest absolute Gasteiger partial charge is 0.495 e. The number of carbonyl (C=O) groups is 1. The molecule has 146 valence electrons. The fourth-order valence-electron chi connectivity index (χ4n) is 2.26. The Kier molecular flexibility index (Phi) is 7.06. The number of methoxy groups -OCH3 is 1. The number of anilines is 1. The second kappa shape index (κ2) is 9.07. The molecule has 0 heterocycles. The lowest BCUT2D eigenvalue weighted by Crippen LogP contribution is -2.41. The Hall–Kier alpha value is -2.29. The lowest BCUT2D eigenvalue weighted by molar-refractivity contribution is -0.117. The van der Waals surface area contributed by atoms with E-state index in [1.54, 1.807) is 24.3 Å². The first kappa shape index (κ1) is 21.0. The molecule has 0 fully saturated rings. The van der Waals surface area contributed by atoms with Gasteiger partial charge in [0.25, 0.3) is 0 Å². The van der Waals surface area contributed by atoms with Crippen LogP contribution in [0.5, 0.6) is 11.5 Å². The van der Waals surface area contributed by atoms with Crippen LogP contribution >= 0.6 is 11.6 Å². The second-order valence-electron chi connectivity index (χ2n) is 5.58. The Morgan fingerprint density at radius 2 is 1.85 bits per heavy atom. The highest BCUT2D eigenvalue weighted by Crippen LogP contribution is 2.27. The molecule has 0 aromatic heterocycles. The number of hydrogen-bond acceptors (Lipinski definition) is 5. The number of nitrogens with one attached hydrogen (secondary N) is 2. The first-order valence-corrected chi connectivity index (χ1v) is 10.0. The molecule has 7 nitrogen and oxygen atoms in total. The first-order valence-electron chi connectivity index (χ1n) is 8.16.